The Morgan fingerprint density at radius 1 is 1.16 bits per heavy atom. The summed E-state index contributed by atoms with van der Waals surface area (Å²) in [6.07, 6.45) is 1.13. The number of fused-ring (bicyclic) bond motifs is 1. The van der Waals surface area contributed by atoms with Gasteiger partial charge in [-0.05, 0) is 30.5 Å². The Morgan fingerprint density at radius 2 is 2.00 bits per heavy atom. The highest BCUT2D eigenvalue weighted by atomic mass is 32.2. The molecule has 0 aliphatic heterocycles. The Bertz CT molecular complexity index is 811. The molecule has 25 heavy (non-hydrogen) atoms. The van der Waals surface area contributed by atoms with E-state index in [9.17, 15) is 4.79 Å². The zero-order valence-corrected chi connectivity index (χ0v) is 14.9. The largest absolute Gasteiger partial charge is 0.480 e. The summed E-state index contributed by atoms with van der Waals surface area (Å²) in [6, 6.07) is 17.7. The number of ether oxygens (including phenoxy) is 1. The number of thioether (sulfide) groups is 1. The van der Waals surface area contributed by atoms with Gasteiger partial charge in [0, 0.05) is 17.7 Å². The van der Waals surface area contributed by atoms with Crippen LogP contribution in [0.4, 0.5) is 0 Å². The van der Waals surface area contributed by atoms with Gasteiger partial charge in [0.1, 0.15) is 11.5 Å². The van der Waals surface area contributed by atoms with E-state index >= 15 is 0 Å². The molecule has 0 saturated heterocycles. The summed E-state index contributed by atoms with van der Waals surface area (Å²) >= 11 is 1.72. The lowest BCUT2D eigenvalue weighted by Crippen LogP contribution is -2.37. The van der Waals surface area contributed by atoms with E-state index in [4.69, 9.17) is 9.15 Å². The molecule has 3 aromatic rings. The predicted molar refractivity (Wildman–Crippen MR) is 102 cm³/mol. The van der Waals surface area contributed by atoms with E-state index in [0.29, 0.717) is 6.54 Å². The molecular weight excluding hydrogens is 334 g/mol. The monoisotopic (exact) mass is 355 g/mol. The molecule has 0 spiro atoms. The van der Waals surface area contributed by atoms with E-state index in [1.54, 1.807) is 24.9 Å². The predicted octanol–water partition coefficient (Wildman–Crippen LogP) is 4.25. The maximum absolute atomic E-state index is 12.2. The summed E-state index contributed by atoms with van der Waals surface area (Å²) < 4.78 is 11.1. The molecule has 1 atom stereocenters. The summed E-state index contributed by atoms with van der Waals surface area (Å²) in [5.74, 6) is 3.21. The van der Waals surface area contributed by atoms with Crippen LogP contribution in [-0.4, -0.2) is 24.3 Å². The molecule has 1 heterocycles. The van der Waals surface area contributed by atoms with Gasteiger partial charge in [0.25, 0.3) is 5.91 Å². The lowest BCUT2D eigenvalue weighted by molar-refractivity contribution is -0.127. The minimum absolute atomic E-state index is 0.105. The lowest BCUT2D eigenvalue weighted by Gasteiger charge is -2.16. The summed E-state index contributed by atoms with van der Waals surface area (Å²) in [6.45, 7) is 2.38. The summed E-state index contributed by atoms with van der Waals surface area (Å²) in [7, 11) is 0. The fraction of sp³-hybridized carbons (Fsp3) is 0.250. The van der Waals surface area contributed by atoms with E-state index < -0.39 is 6.10 Å². The topological polar surface area (TPSA) is 51.5 Å². The Balaban J connectivity index is 1.45. The molecule has 0 radical (unpaired) electrons. The van der Waals surface area contributed by atoms with Crippen molar-refractivity contribution in [2.75, 3.05) is 12.3 Å². The molecule has 2 aromatic carbocycles. The van der Waals surface area contributed by atoms with Crippen LogP contribution in [0.1, 0.15) is 12.7 Å². The number of carbonyl (C=O) groups is 1. The van der Waals surface area contributed by atoms with E-state index in [0.717, 1.165) is 33.8 Å². The van der Waals surface area contributed by atoms with Gasteiger partial charge in [-0.15, -0.1) is 0 Å². The van der Waals surface area contributed by atoms with Crippen molar-refractivity contribution in [1.29, 1.82) is 0 Å². The second kappa shape index (κ2) is 8.62. The van der Waals surface area contributed by atoms with Crippen LogP contribution in [0.25, 0.3) is 10.8 Å². The maximum Gasteiger partial charge on any atom is 0.260 e. The summed E-state index contributed by atoms with van der Waals surface area (Å²) in [5.41, 5.74) is 0. The van der Waals surface area contributed by atoms with Crippen molar-refractivity contribution in [3.05, 3.63) is 66.6 Å². The van der Waals surface area contributed by atoms with Crippen molar-refractivity contribution < 1.29 is 13.9 Å². The second-order valence-electron chi connectivity index (χ2n) is 5.66. The van der Waals surface area contributed by atoms with Crippen LogP contribution in [0.5, 0.6) is 5.75 Å². The van der Waals surface area contributed by atoms with Crippen LogP contribution in [-0.2, 0) is 10.5 Å². The van der Waals surface area contributed by atoms with E-state index in [1.807, 2.05) is 54.6 Å². The van der Waals surface area contributed by atoms with Crippen LogP contribution >= 0.6 is 11.8 Å². The fourth-order valence-corrected chi connectivity index (χ4v) is 3.26. The van der Waals surface area contributed by atoms with Crippen molar-refractivity contribution in [1.82, 2.24) is 5.32 Å². The zero-order valence-electron chi connectivity index (χ0n) is 14.1. The fourth-order valence-electron chi connectivity index (χ4n) is 2.50. The minimum atomic E-state index is -0.541. The van der Waals surface area contributed by atoms with Gasteiger partial charge in [-0.1, -0.05) is 36.4 Å². The standard InChI is InChI=1S/C20H21NO3S/c1-15(20(22)21-11-13-25-14-17-8-5-12-23-17)24-19-10-4-7-16-6-2-3-9-18(16)19/h2-10,12,15H,11,13-14H2,1H3,(H,21,22). The first-order valence-corrected chi connectivity index (χ1v) is 9.42. The molecule has 0 aliphatic rings. The average Bonchev–Trinajstić information content (AvgIpc) is 3.15. The third-order valence-electron chi connectivity index (χ3n) is 3.79. The molecule has 1 N–H and O–H groups in total. The Morgan fingerprint density at radius 3 is 2.84 bits per heavy atom. The smallest absolute Gasteiger partial charge is 0.260 e. The molecular formula is C20H21NO3S. The Labute approximate surface area is 151 Å². The molecule has 130 valence electrons. The first-order valence-electron chi connectivity index (χ1n) is 8.26. The average molecular weight is 355 g/mol. The van der Waals surface area contributed by atoms with E-state index in [2.05, 4.69) is 5.32 Å². The highest BCUT2D eigenvalue weighted by Crippen LogP contribution is 2.26. The van der Waals surface area contributed by atoms with Crippen molar-refractivity contribution in [3.63, 3.8) is 0 Å². The number of carbonyl (C=O) groups excluding carboxylic acids is 1. The number of nitrogens with one attached hydrogen (secondary N) is 1. The van der Waals surface area contributed by atoms with Gasteiger partial charge < -0.3 is 14.5 Å². The van der Waals surface area contributed by atoms with Crippen LogP contribution in [0.15, 0.2) is 65.3 Å². The molecule has 1 unspecified atom stereocenters. The highest BCUT2D eigenvalue weighted by Gasteiger charge is 2.15. The van der Waals surface area contributed by atoms with Gasteiger partial charge in [0.2, 0.25) is 0 Å². The Hall–Kier alpha value is -2.40. The van der Waals surface area contributed by atoms with Crippen molar-refractivity contribution in [2.24, 2.45) is 0 Å². The SMILES string of the molecule is CC(Oc1cccc2ccccc12)C(=O)NCCSCc1ccco1. The van der Waals surface area contributed by atoms with Gasteiger partial charge in [-0.3, -0.25) is 4.79 Å². The molecule has 1 aromatic heterocycles. The van der Waals surface area contributed by atoms with Gasteiger partial charge in [-0.25, -0.2) is 0 Å². The second-order valence-corrected chi connectivity index (χ2v) is 6.77. The summed E-state index contributed by atoms with van der Waals surface area (Å²) in [5, 5.41) is 5.03. The number of hydrogen-bond donors (Lipinski definition) is 1. The molecule has 4 nitrogen and oxygen atoms in total. The molecule has 5 heteroatoms. The number of hydrogen-bond acceptors (Lipinski definition) is 4. The molecule has 1 amide bonds. The highest BCUT2D eigenvalue weighted by molar-refractivity contribution is 7.98. The maximum atomic E-state index is 12.2. The number of benzene rings is 2. The van der Waals surface area contributed by atoms with Gasteiger partial charge >= 0.3 is 0 Å². The van der Waals surface area contributed by atoms with Crippen LogP contribution < -0.4 is 10.1 Å². The molecule has 3 rings (SSSR count). The number of furan rings is 1. The molecule has 0 aliphatic carbocycles. The quantitative estimate of drug-likeness (QED) is 0.614. The normalized spacial score (nSPS) is 12.0. The lowest BCUT2D eigenvalue weighted by atomic mass is 10.1. The van der Waals surface area contributed by atoms with Crippen molar-refractivity contribution in [3.8, 4) is 5.75 Å². The van der Waals surface area contributed by atoms with Crippen molar-refractivity contribution >= 4 is 28.4 Å². The number of amides is 1. The van der Waals surface area contributed by atoms with Crippen LogP contribution in [0.3, 0.4) is 0 Å². The van der Waals surface area contributed by atoms with E-state index in [-0.39, 0.29) is 5.91 Å². The number of rotatable bonds is 8. The first-order chi connectivity index (χ1) is 12.2. The van der Waals surface area contributed by atoms with Gasteiger partial charge in [0.15, 0.2) is 6.10 Å². The minimum Gasteiger partial charge on any atom is -0.480 e. The van der Waals surface area contributed by atoms with Crippen molar-refractivity contribution in [2.45, 2.75) is 18.8 Å². The third kappa shape index (κ3) is 4.79. The van der Waals surface area contributed by atoms with Crippen LogP contribution in [0, 0.1) is 0 Å². The molecule has 0 bridgehead atoms. The van der Waals surface area contributed by atoms with E-state index in [1.165, 1.54) is 0 Å². The van der Waals surface area contributed by atoms with Crippen LogP contribution in [0.2, 0.25) is 0 Å². The summed E-state index contributed by atoms with van der Waals surface area (Å²) in [4.78, 5) is 12.2. The zero-order chi connectivity index (χ0) is 17.5. The molecule has 0 saturated carbocycles. The first kappa shape index (κ1) is 17.4. The van der Waals surface area contributed by atoms with Gasteiger partial charge in [-0.2, -0.15) is 11.8 Å². The van der Waals surface area contributed by atoms with Gasteiger partial charge in [0.05, 0.1) is 12.0 Å². The third-order valence-corrected chi connectivity index (χ3v) is 4.77. The Kier molecular flexibility index (Phi) is 6.01. The molecule has 0 fully saturated rings.